The van der Waals surface area contributed by atoms with Crippen molar-refractivity contribution in [1.29, 1.82) is 0 Å². The molecule has 6 heteroatoms. The minimum absolute atomic E-state index is 0.0725. The number of carbonyl (C=O) groups excluding carboxylic acids is 1. The summed E-state index contributed by atoms with van der Waals surface area (Å²) in [6.07, 6.45) is 0. The van der Waals surface area contributed by atoms with E-state index in [0.717, 1.165) is 0 Å². The first-order valence-corrected chi connectivity index (χ1v) is 7.61. The summed E-state index contributed by atoms with van der Waals surface area (Å²) in [5, 5.41) is 2.96. The number of methoxy groups -OCH3 is 1. The molecule has 0 heterocycles. The van der Waals surface area contributed by atoms with Crippen LogP contribution in [0.25, 0.3) is 0 Å². The Kier molecular flexibility index (Phi) is 6.84. The van der Waals surface area contributed by atoms with Crippen LogP contribution in [0.1, 0.15) is 5.56 Å². The van der Waals surface area contributed by atoms with Gasteiger partial charge in [0.2, 0.25) is 5.91 Å². The molecule has 0 spiro atoms. The number of ether oxygens (including phenoxy) is 1. The third kappa shape index (κ3) is 5.11. The zero-order chi connectivity index (χ0) is 17.4. The zero-order valence-corrected chi connectivity index (χ0v) is 13.5. The van der Waals surface area contributed by atoms with Crippen molar-refractivity contribution in [1.82, 2.24) is 5.32 Å². The molecule has 0 saturated carbocycles. The summed E-state index contributed by atoms with van der Waals surface area (Å²) in [7, 11) is 1.58. The van der Waals surface area contributed by atoms with Crippen LogP contribution in [0.4, 0.5) is 14.5 Å². The molecule has 2 aromatic rings. The molecule has 0 unspecified atom stereocenters. The molecule has 0 aliphatic rings. The van der Waals surface area contributed by atoms with Gasteiger partial charge >= 0.3 is 0 Å². The maximum atomic E-state index is 13.9. The fraction of sp³-hybridized carbons (Fsp3) is 0.278. The lowest BCUT2D eigenvalue weighted by Gasteiger charge is -2.23. The molecule has 0 aliphatic heterocycles. The summed E-state index contributed by atoms with van der Waals surface area (Å²) >= 11 is 0. The normalized spacial score (nSPS) is 10.6. The van der Waals surface area contributed by atoms with Crippen molar-refractivity contribution in [3.63, 3.8) is 0 Å². The van der Waals surface area contributed by atoms with Gasteiger partial charge in [0, 0.05) is 24.9 Å². The quantitative estimate of drug-likeness (QED) is 0.755. The fourth-order valence-electron chi connectivity index (χ4n) is 2.21. The predicted molar refractivity (Wildman–Crippen MR) is 88.7 cm³/mol. The van der Waals surface area contributed by atoms with E-state index in [1.807, 2.05) is 0 Å². The first-order chi connectivity index (χ1) is 11.6. The summed E-state index contributed by atoms with van der Waals surface area (Å²) < 4.78 is 32.0. The van der Waals surface area contributed by atoms with Gasteiger partial charge < -0.3 is 15.0 Å². The van der Waals surface area contributed by atoms with Gasteiger partial charge in [-0.3, -0.25) is 4.79 Å². The van der Waals surface area contributed by atoms with E-state index in [9.17, 15) is 13.6 Å². The number of anilines is 1. The van der Waals surface area contributed by atoms with Crippen molar-refractivity contribution >= 4 is 11.6 Å². The lowest BCUT2D eigenvalue weighted by Crippen LogP contribution is -2.39. The number of rotatable bonds is 8. The molecular formula is C18H20F2N2O2. The second kappa shape index (κ2) is 9.10. The van der Waals surface area contributed by atoms with Crippen LogP contribution in [-0.2, 0) is 16.1 Å². The first kappa shape index (κ1) is 18.0. The largest absolute Gasteiger partial charge is 0.383 e. The average Bonchev–Trinajstić information content (AvgIpc) is 2.59. The first-order valence-electron chi connectivity index (χ1n) is 7.61. The van der Waals surface area contributed by atoms with Crippen molar-refractivity contribution in [3.05, 3.63) is 65.7 Å². The van der Waals surface area contributed by atoms with Gasteiger partial charge in [-0.25, -0.2) is 8.78 Å². The Labute approximate surface area is 140 Å². The van der Waals surface area contributed by atoms with E-state index in [-0.39, 0.29) is 24.8 Å². The summed E-state index contributed by atoms with van der Waals surface area (Å²) in [4.78, 5) is 13.9. The number of hydrogen-bond donors (Lipinski definition) is 1. The number of hydrogen-bond acceptors (Lipinski definition) is 3. The number of halogens is 2. The van der Waals surface area contributed by atoms with Gasteiger partial charge in [0.15, 0.2) is 0 Å². The molecule has 0 aliphatic carbocycles. The van der Waals surface area contributed by atoms with Gasteiger partial charge in [-0.1, -0.05) is 18.2 Å². The smallest absolute Gasteiger partial charge is 0.241 e. The monoisotopic (exact) mass is 334 g/mol. The van der Waals surface area contributed by atoms with E-state index in [2.05, 4.69) is 5.32 Å². The molecule has 128 valence electrons. The van der Waals surface area contributed by atoms with Crippen molar-refractivity contribution in [2.75, 3.05) is 31.7 Å². The minimum atomic E-state index is -0.393. The molecule has 2 rings (SSSR count). The second-order valence-corrected chi connectivity index (χ2v) is 5.22. The average molecular weight is 334 g/mol. The zero-order valence-electron chi connectivity index (χ0n) is 13.5. The Morgan fingerprint density at radius 3 is 2.50 bits per heavy atom. The number of nitrogens with zero attached hydrogens (tertiary/aromatic N) is 1. The van der Waals surface area contributed by atoms with Crippen LogP contribution in [0, 0.1) is 11.6 Å². The third-order valence-electron chi connectivity index (χ3n) is 3.48. The van der Waals surface area contributed by atoms with Gasteiger partial charge in [-0.15, -0.1) is 0 Å². The van der Waals surface area contributed by atoms with Crippen molar-refractivity contribution in [2.45, 2.75) is 6.54 Å². The van der Waals surface area contributed by atoms with Gasteiger partial charge in [0.1, 0.15) is 11.6 Å². The number of carbonyl (C=O) groups is 1. The van der Waals surface area contributed by atoms with Gasteiger partial charge in [-0.05, 0) is 30.3 Å². The van der Waals surface area contributed by atoms with Crippen molar-refractivity contribution in [2.24, 2.45) is 0 Å². The van der Waals surface area contributed by atoms with E-state index in [1.54, 1.807) is 25.3 Å². The van der Waals surface area contributed by atoms with Crippen LogP contribution in [-0.4, -0.2) is 32.7 Å². The topological polar surface area (TPSA) is 41.6 Å². The summed E-state index contributed by atoms with van der Waals surface area (Å²) in [6, 6.07) is 11.8. The van der Waals surface area contributed by atoms with Crippen LogP contribution in [0.3, 0.4) is 0 Å². The van der Waals surface area contributed by atoms with Gasteiger partial charge in [0.25, 0.3) is 0 Å². The fourth-order valence-corrected chi connectivity index (χ4v) is 2.21. The summed E-state index contributed by atoms with van der Waals surface area (Å²) in [6.45, 7) is 1.16. The van der Waals surface area contributed by atoms with Crippen molar-refractivity contribution in [3.8, 4) is 0 Å². The van der Waals surface area contributed by atoms with Gasteiger partial charge in [0.05, 0.1) is 19.7 Å². The SMILES string of the molecule is COCCNCC(=O)N(Cc1ccccc1F)c1ccc(F)cc1. The highest BCUT2D eigenvalue weighted by Gasteiger charge is 2.17. The molecule has 0 bridgehead atoms. The highest BCUT2D eigenvalue weighted by Crippen LogP contribution is 2.19. The van der Waals surface area contributed by atoms with E-state index in [0.29, 0.717) is 24.4 Å². The molecular weight excluding hydrogens is 314 g/mol. The Morgan fingerprint density at radius 1 is 1.12 bits per heavy atom. The Morgan fingerprint density at radius 2 is 1.83 bits per heavy atom. The summed E-state index contributed by atoms with van der Waals surface area (Å²) in [5.74, 6) is -1.01. The van der Waals surface area contributed by atoms with E-state index in [1.165, 1.54) is 35.2 Å². The van der Waals surface area contributed by atoms with E-state index >= 15 is 0 Å². The maximum absolute atomic E-state index is 13.9. The molecule has 0 radical (unpaired) electrons. The number of benzene rings is 2. The molecule has 0 saturated heterocycles. The molecule has 0 aromatic heterocycles. The highest BCUT2D eigenvalue weighted by molar-refractivity contribution is 5.94. The Hall–Kier alpha value is -2.31. The van der Waals surface area contributed by atoms with Crippen LogP contribution < -0.4 is 10.2 Å². The lowest BCUT2D eigenvalue weighted by molar-refractivity contribution is -0.118. The number of nitrogens with one attached hydrogen (secondary N) is 1. The maximum Gasteiger partial charge on any atom is 0.241 e. The van der Waals surface area contributed by atoms with Crippen LogP contribution in [0.15, 0.2) is 48.5 Å². The van der Waals surface area contributed by atoms with E-state index < -0.39 is 5.82 Å². The molecule has 1 N–H and O–H groups in total. The molecule has 1 amide bonds. The van der Waals surface area contributed by atoms with Crippen LogP contribution in [0.2, 0.25) is 0 Å². The lowest BCUT2D eigenvalue weighted by atomic mass is 10.1. The molecule has 0 atom stereocenters. The van der Waals surface area contributed by atoms with Crippen LogP contribution >= 0.6 is 0 Å². The third-order valence-corrected chi connectivity index (χ3v) is 3.48. The molecule has 24 heavy (non-hydrogen) atoms. The molecule has 4 nitrogen and oxygen atoms in total. The molecule has 2 aromatic carbocycles. The van der Waals surface area contributed by atoms with Crippen molar-refractivity contribution < 1.29 is 18.3 Å². The standard InChI is InChI=1S/C18H20F2N2O2/c1-24-11-10-21-12-18(23)22(16-8-6-15(19)7-9-16)13-14-4-2-3-5-17(14)20/h2-9,21H,10-13H2,1H3. The Bertz CT molecular complexity index is 662. The summed E-state index contributed by atoms with van der Waals surface area (Å²) in [5.41, 5.74) is 0.908. The van der Waals surface area contributed by atoms with Gasteiger partial charge in [-0.2, -0.15) is 0 Å². The predicted octanol–water partition coefficient (Wildman–Crippen LogP) is 2.73. The second-order valence-electron chi connectivity index (χ2n) is 5.22. The number of amides is 1. The highest BCUT2D eigenvalue weighted by atomic mass is 19.1. The van der Waals surface area contributed by atoms with Crippen LogP contribution in [0.5, 0.6) is 0 Å². The molecule has 0 fully saturated rings. The Balaban J connectivity index is 2.16. The minimum Gasteiger partial charge on any atom is -0.383 e. The van der Waals surface area contributed by atoms with E-state index in [4.69, 9.17) is 4.74 Å².